The number of thiophene rings is 1. The number of likely N-dealkylation sites (tertiary alicyclic amines) is 1. The number of ether oxygens (including phenoxy) is 1. The van der Waals surface area contributed by atoms with Crippen molar-refractivity contribution in [3.63, 3.8) is 0 Å². The average Bonchev–Trinajstić information content (AvgIpc) is 3.03. The largest absolute Gasteiger partial charge is 0.497 e. The summed E-state index contributed by atoms with van der Waals surface area (Å²) in [5, 5.41) is 3.24. The number of hydrogen-bond acceptors (Lipinski definition) is 4. The zero-order valence-electron chi connectivity index (χ0n) is 15.2. The Balaban J connectivity index is 1.77. The molecule has 2 aromatic rings. The lowest BCUT2D eigenvalue weighted by molar-refractivity contribution is 0.0679. The normalized spacial score (nSPS) is 17.6. The molecule has 0 radical (unpaired) electrons. The van der Waals surface area contributed by atoms with Crippen molar-refractivity contribution in [2.45, 2.75) is 19.8 Å². The Morgan fingerprint density at radius 1 is 1.36 bits per heavy atom. The Kier molecular flexibility index (Phi) is 5.76. The molecule has 0 bridgehead atoms. The molecule has 2 heterocycles. The Morgan fingerprint density at radius 3 is 2.80 bits per heavy atom. The van der Waals surface area contributed by atoms with E-state index in [9.17, 15) is 4.79 Å². The maximum Gasteiger partial charge on any atom is 0.263 e. The molecule has 5 heteroatoms. The van der Waals surface area contributed by atoms with Crippen LogP contribution in [-0.4, -0.2) is 44.6 Å². The lowest BCUT2D eigenvalue weighted by Gasteiger charge is -2.32. The quantitative estimate of drug-likeness (QED) is 0.884. The molecule has 1 aromatic heterocycles. The molecule has 25 heavy (non-hydrogen) atoms. The Morgan fingerprint density at radius 2 is 2.12 bits per heavy atom. The number of benzene rings is 1. The van der Waals surface area contributed by atoms with Crippen LogP contribution in [0.3, 0.4) is 0 Å². The van der Waals surface area contributed by atoms with Crippen molar-refractivity contribution in [1.82, 2.24) is 10.2 Å². The second-order valence-electron chi connectivity index (χ2n) is 6.63. The first-order valence-electron chi connectivity index (χ1n) is 8.81. The fourth-order valence-corrected chi connectivity index (χ4v) is 4.52. The van der Waals surface area contributed by atoms with Crippen molar-refractivity contribution in [1.29, 1.82) is 0 Å². The molecule has 1 fully saturated rings. The summed E-state index contributed by atoms with van der Waals surface area (Å²) in [4.78, 5) is 17.0. The standard InChI is InChI=1S/C20H26N2O2S/c1-14-18(16-6-8-17(24-3)9-7-16)11-19(25-14)20(23)22-10-4-5-15(13-22)12-21-2/h6-9,11,15,21H,4-5,10,12-13H2,1-3H3/t15-/m1/s1. The summed E-state index contributed by atoms with van der Waals surface area (Å²) in [5.41, 5.74) is 2.26. The maximum atomic E-state index is 12.9. The molecule has 1 atom stereocenters. The van der Waals surface area contributed by atoms with E-state index in [2.05, 4.69) is 12.2 Å². The van der Waals surface area contributed by atoms with Gasteiger partial charge in [0.15, 0.2) is 0 Å². The van der Waals surface area contributed by atoms with Gasteiger partial charge in [0, 0.05) is 18.0 Å². The van der Waals surface area contributed by atoms with Gasteiger partial charge in [0.05, 0.1) is 12.0 Å². The first kappa shape index (κ1) is 18.0. The smallest absolute Gasteiger partial charge is 0.263 e. The molecule has 3 rings (SSSR count). The number of piperidine rings is 1. The van der Waals surface area contributed by atoms with E-state index < -0.39 is 0 Å². The van der Waals surface area contributed by atoms with Crippen molar-refractivity contribution in [2.24, 2.45) is 5.92 Å². The Labute approximate surface area is 153 Å². The molecule has 1 aromatic carbocycles. The fraction of sp³-hybridized carbons (Fsp3) is 0.450. The van der Waals surface area contributed by atoms with E-state index in [1.807, 2.05) is 42.3 Å². The summed E-state index contributed by atoms with van der Waals surface area (Å²) in [6.07, 6.45) is 2.29. The number of hydrogen-bond donors (Lipinski definition) is 1. The number of nitrogens with zero attached hydrogens (tertiary/aromatic N) is 1. The summed E-state index contributed by atoms with van der Waals surface area (Å²) >= 11 is 1.60. The van der Waals surface area contributed by atoms with Gasteiger partial charge in [-0.15, -0.1) is 11.3 Å². The number of rotatable bonds is 5. The van der Waals surface area contributed by atoms with E-state index >= 15 is 0 Å². The van der Waals surface area contributed by atoms with Crippen LogP contribution >= 0.6 is 11.3 Å². The maximum absolute atomic E-state index is 12.9. The van der Waals surface area contributed by atoms with Gasteiger partial charge in [-0.25, -0.2) is 0 Å². The van der Waals surface area contributed by atoms with E-state index in [1.165, 1.54) is 11.3 Å². The van der Waals surface area contributed by atoms with Crippen molar-refractivity contribution in [3.05, 3.63) is 40.1 Å². The molecule has 134 valence electrons. The van der Waals surface area contributed by atoms with E-state index in [4.69, 9.17) is 4.74 Å². The molecule has 1 aliphatic rings. The molecule has 1 amide bonds. The van der Waals surface area contributed by atoms with E-state index in [1.54, 1.807) is 18.4 Å². The van der Waals surface area contributed by atoms with Crippen molar-refractivity contribution in [3.8, 4) is 16.9 Å². The summed E-state index contributed by atoms with van der Waals surface area (Å²) in [6.45, 7) is 4.79. The second kappa shape index (κ2) is 8.02. The minimum atomic E-state index is 0.175. The molecule has 0 unspecified atom stereocenters. The molecular weight excluding hydrogens is 332 g/mol. The molecule has 1 N–H and O–H groups in total. The van der Waals surface area contributed by atoms with Gasteiger partial charge in [-0.3, -0.25) is 4.79 Å². The third-order valence-electron chi connectivity index (χ3n) is 4.83. The van der Waals surface area contributed by atoms with Crippen molar-refractivity contribution >= 4 is 17.2 Å². The third-order valence-corrected chi connectivity index (χ3v) is 5.87. The van der Waals surface area contributed by atoms with Gasteiger partial charge in [-0.1, -0.05) is 12.1 Å². The van der Waals surface area contributed by atoms with Crippen molar-refractivity contribution < 1.29 is 9.53 Å². The number of carbonyl (C=O) groups excluding carboxylic acids is 1. The minimum Gasteiger partial charge on any atom is -0.497 e. The predicted molar refractivity (Wildman–Crippen MR) is 104 cm³/mol. The number of nitrogens with one attached hydrogen (secondary N) is 1. The number of carbonyl (C=O) groups is 1. The Bertz CT molecular complexity index is 722. The van der Waals surface area contributed by atoms with Crippen LogP contribution < -0.4 is 10.1 Å². The predicted octanol–water partition coefficient (Wildman–Crippen LogP) is 3.80. The third kappa shape index (κ3) is 4.05. The highest BCUT2D eigenvalue weighted by molar-refractivity contribution is 7.14. The molecular formula is C20H26N2O2S. The van der Waals surface area contributed by atoms with Crippen LogP contribution in [0.1, 0.15) is 27.4 Å². The van der Waals surface area contributed by atoms with Gasteiger partial charge in [-0.05, 0) is 68.6 Å². The van der Waals surface area contributed by atoms with Crippen LogP contribution in [0.4, 0.5) is 0 Å². The highest BCUT2D eigenvalue weighted by Gasteiger charge is 2.25. The Hall–Kier alpha value is -1.85. The lowest BCUT2D eigenvalue weighted by atomic mass is 9.98. The van der Waals surface area contributed by atoms with Gasteiger partial charge in [0.1, 0.15) is 5.75 Å². The second-order valence-corrected chi connectivity index (χ2v) is 7.88. The van der Waals surface area contributed by atoms with Crippen LogP contribution in [0.5, 0.6) is 5.75 Å². The van der Waals surface area contributed by atoms with E-state index in [0.29, 0.717) is 5.92 Å². The van der Waals surface area contributed by atoms with E-state index in [-0.39, 0.29) is 5.91 Å². The lowest BCUT2D eigenvalue weighted by Crippen LogP contribution is -2.42. The van der Waals surface area contributed by atoms with E-state index in [0.717, 1.165) is 47.8 Å². The highest BCUT2D eigenvalue weighted by atomic mass is 32.1. The fourth-order valence-electron chi connectivity index (χ4n) is 3.51. The number of methoxy groups -OCH3 is 1. The summed E-state index contributed by atoms with van der Waals surface area (Å²) in [7, 11) is 3.64. The van der Waals surface area contributed by atoms with Gasteiger partial charge in [-0.2, -0.15) is 0 Å². The van der Waals surface area contributed by atoms with Gasteiger partial charge in [0.2, 0.25) is 0 Å². The average molecular weight is 359 g/mol. The molecule has 0 aliphatic carbocycles. The van der Waals surface area contributed by atoms with Crippen LogP contribution in [0, 0.1) is 12.8 Å². The minimum absolute atomic E-state index is 0.175. The molecule has 0 spiro atoms. The molecule has 4 nitrogen and oxygen atoms in total. The van der Waals surface area contributed by atoms with Gasteiger partial charge >= 0.3 is 0 Å². The summed E-state index contributed by atoms with van der Waals surface area (Å²) < 4.78 is 5.22. The summed E-state index contributed by atoms with van der Waals surface area (Å²) in [6, 6.07) is 10.1. The number of aryl methyl sites for hydroxylation is 1. The molecule has 1 saturated heterocycles. The first-order valence-corrected chi connectivity index (χ1v) is 9.62. The topological polar surface area (TPSA) is 41.6 Å². The zero-order chi connectivity index (χ0) is 17.8. The van der Waals surface area contributed by atoms with Crippen LogP contribution in [-0.2, 0) is 0 Å². The van der Waals surface area contributed by atoms with Crippen molar-refractivity contribution in [2.75, 3.05) is 33.8 Å². The highest BCUT2D eigenvalue weighted by Crippen LogP contribution is 2.33. The SMILES string of the molecule is CNC[C@H]1CCCN(C(=O)c2cc(-c3ccc(OC)cc3)c(C)s2)C1. The monoisotopic (exact) mass is 358 g/mol. The number of amides is 1. The molecule has 1 aliphatic heterocycles. The van der Waals surface area contributed by atoms with Crippen LogP contribution in [0.2, 0.25) is 0 Å². The first-order chi connectivity index (χ1) is 12.1. The van der Waals surface area contributed by atoms with Crippen LogP contribution in [0.15, 0.2) is 30.3 Å². The van der Waals surface area contributed by atoms with Gasteiger partial charge < -0.3 is 15.0 Å². The summed E-state index contributed by atoms with van der Waals surface area (Å²) in [5.74, 6) is 1.58. The van der Waals surface area contributed by atoms with Crippen LogP contribution in [0.25, 0.3) is 11.1 Å². The molecule has 0 saturated carbocycles. The van der Waals surface area contributed by atoms with Gasteiger partial charge in [0.25, 0.3) is 5.91 Å². The zero-order valence-corrected chi connectivity index (χ0v) is 16.0.